The van der Waals surface area contributed by atoms with E-state index in [1.165, 1.54) is 30.4 Å². The zero-order chi connectivity index (χ0) is 33.5. The monoisotopic (exact) mass is 583 g/mol. The highest BCUT2D eigenvalue weighted by Gasteiger charge is 2.34. The summed E-state index contributed by atoms with van der Waals surface area (Å²) in [5.74, 6) is 1.94. The normalized spacial score (nSPS) is 19.1. The van der Waals surface area contributed by atoms with Gasteiger partial charge in [0.05, 0.1) is 11.4 Å². The standard InChI is InChI=1S/C41H44N2O/c1-26-18-38(42-24-28(26)3)33-20-37(31-12-9-8-10-13-31)30(5)40(21-33)44-34-15-11-14-32(19-34)39-22-36(29(4)25-43-39)35-16-17-41(6,7)23-27(35)2/h8-15,18-22,24-25,27,35H,16-17,23H2,1-7H3/i5D3. The van der Waals surface area contributed by atoms with Crippen molar-refractivity contribution in [2.45, 2.75) is 73.6 Å². The number of nitrogens with zero attached hydrogens (tertiary/aromatic N) is 2. The van der Waals surface area contributed by atoms with Crippen LogP contribution in [0.25, 0.3) is 33.6 Å². The van der Waals surface area contributed by atoms with E-state index in [4.69, 9.17) is 18.8 Å². The zero-order valence-electron chi connectivity index (χ0n) is 29.7. The van der Waals surface area contributed by atoms with Gasteiger partial charge in [-0.15, -0.1) is 0 Å². The van der Waals surface area contributed by atoms with E-state index in [1.54, 1.807) is 0 Å². The molecule has 0 radical (unpaired) electrons. The summed E-state index contributed by atoms with van der Waals surface area (Å²) in [6.45, 7) is 11.0. The molecule has 5 aromatic rings. The summed E-state index contributed by atoms with van der Waals surface area (Å²) in [5, 5.41) is 0. The lowest BCUT2D eigenvalue weighted by molar-refractivity contribution is 0.167. The largest absolute Gasteiger partial charge is 0.457 e. The number of rotatable bonds is 6. The first-order valence-corrected chi connectivity index (χ1v) is 15.7. The Bertz CT molecular complexity index is 1910. The lowest BCUT2D eigenvalue weighted by Crippen LogP contribution is -2.27. The van der Waals surface area contributed by atoms with Crippen molar-refractivity contribution < 1.29 is 8.85 Å². The summed E-state index contributed by atoms with van der Waals surface area (Å²) in [6.07, 6.45) is 7.45. The van der Waals surface area contributed by atoms with Crippen LogP contribution in [-0.4, -0.2) is 9.97 Å². The smallest absolute Gasteiger partial charge is 0.131 e. The van der Waals surface area contributed by atoms with Crippen LogP contribution in [0.15, 0.2) is 91.3 Å². The van der Waals surface area contributed by atoms with Crippen LogP contribution in [-0.2, 0) is 0 Å². The van der Waals surface area contributed by atoms with Crippen LogP contribution in [0.3, 0.4) is 0 Å². The van der Waals surface area contributed by atoms with Gasteiger partial charge in [0, 0.05) is 27.6 Å². The van der Waals surface area contributed by atoms with E-state index in [9.17, 15) is 0 Å². The number of aryl methyl sites for hydroxylation is 3. The van der Waals surface area contributed by atoms with Crippen LogP contribution in [0.2, 0.25) is 0 Å². The molecule has 1 aliphatic rings. The van der Waals surface area contributed by atoms with Crippen LogP contribution in [0.1, 0.15) is 77.9 Å². The van der Waals surface area contributed by atoms with Gasteiger partial charge in [-0.05, 0) is 139 Å². The average Bonchev–Trinajstić information content (AvgIpc) is 3.02. The summed E-state index contributed by atoms with van der Waals surface area (Å²) in [5.41, 5.74) is 10.1. The minimum atomic E-state index is -2.42. The molecule has 1 aliphatic carbocycles. The molecule has 2 atom stereocenters. The second-order valence-electron chi connectivity index (χ2n) is 13.5. The molecule has 2 unspecified atom stereocenters. The molecule has 0 saturated heterocycles. The van der Waals surface area contributed by atoms with Gasteiger partial charge in [-0.2, -0.15) is 0 Å². The predicted octanol–water partition coefficient (Wildman–Crippen LogP) is 11.4. The maximum Gasteiger partial charge on any atom is 0.131 e. The SMILES string of the molecule is [2H]C([2H])([2H])c1c(Oc2cccc(-c3cc(C4CCC(C)(C)CC4C)c(C)cn3)c2)cc(-c2cc(C)c(C)cn2)cc1-c1ccccc1. The third-order valence-electron chi connectivity index (χ3n) is 9.45. The van der Waals surface area contributed by atoms with Crippen molar-refractivity contribution >= 4 is 0 Å². The first kappa shape index (κ1) is 26.2. The summed E-state index contributed by atoms with van der Waals surface area (Å²) in [7, 11) is 0. The molecular formula is C41H44N2O. The minimum absolute atomic E-state index is 0.173. The molecule has 0 amide bonds. The fourth-order valence-corrected chi connectivity index (χ4v) is 6.82. The first-order valence-electron chi connectivity index (χ1n) is 17.2. The van der Waals surface area contributed by atoms with Gasteiger partial charge < -0.3 is 4.74 Å². The first-order chi connectivity index (χ1) is 22.3. The van der Waals surface area contributed by atoms with Crippen molar-refractivity contribution in [2.75, 3.05) is 0 Å². The van der Waals surface area contributed by atoms with Gasteiger partial charge in [0.2, 0.25) is 0 Å². The highest BCUT2D eigenvalue weighted by atomic mass is 16.5. The van der Waals surface area contributed by atoms with Gasteiger partial charge in [0.15, 0.2) is 0 Å². The van der Waals surface area contributed by atoms with Gasteiger partial charge in [-0.1, -0.05) is 63.2 Å². The molecule has 6 rings (SSSR count). The highest BCUT2D eigenvalue weighted by molar-refractivity contribution is 5.77. The van der Waals surface area contributed by atoms with Crippen molar-refractivity contribution in [2.24, 2.45) is 11.3 Å². The van der Waals surface area contributed by atoms with Gasteiger partial charge in [-0.25, -0.2) is 0 Å². The summed E-state index contributed by atoms with van der Waals surface area (Å²) >= 11 is 0. The Morgan fingerprint density at radius 1 is 0.773 bits per heavy atom. The minimum Gasteiger partial charge on any atom is -0.457 e. The van der Waals surface area contributed by atoms with Crippen LogP contribution >= 0.6 is 0 Å². The van der Waals surface area contributed by atoms with E-state index >= 15 is 0 Å². The van der Waals surface area contributed by atoms with Crippen LogP contribution in [0.5, 0.6) is 11.5 Å². The van der Waals surface area contributed by atoms with E-state index in [-0.39, 0.29) is 11.3 Å². The second kappa shape index (κ2) is 12.0. The Morgan fingerprint density at radius 2 is 1.50 bits per heavy atom. The number of hydrogen-bond donors (Lipinski definition) is 0. The Morgan fingerprint density at radius 3 is 2.23 bits per heavy atom. The third-order valence-corrected chi connectivity index (χ3v) is 9.45. The molecule has 3 heteroatoms. The van der Waals surface area contributed by atoms with Crippen LogP contribution < -0.4 is 4.74 Å². The zero-order valence-corrected chi connectivity index (χ0v) is 26.7. The topological polar surface area (TPSA) is 35.0 Å². The van der Waals surface area contributed by atoms with Gasteiger partial charge in [0.1, 0.15) is 11.5 Å². The van der Waals surface area contributed by atoms with E-state index in [0.717, 1.165) is 39.2 Å². The lowest BCUT2D eigenvalue weighted by Gasteiger charge is -2.40. The van der Waals surface area contributed by atoms with E-state index < -0.39 is 6.85 Å². The molecule has 0 spiro atoms. The summed E-state index contributed by atoms with van der Waals surface area (Å²) in [4.78, 5) is 9.53. The number of ether oxygens (including phenoxy) is 1. The maximum atomic E-state index is 8.59. The van der Waals surface area contributed by atoms with Gasteiger partial charge in [-0.3, -0.25) is 9.97 Å². The number of aromatic nitrogens is 2. The molecule has 0 bridgehead atoms. The van der Waals surface area contributed by atoms with Crippen molar-refractivity contribution in [1.82, 2.24) is 9.97 Å². The highest BCUT2D eigenvalue weighted by Crippen LogP contribution is 2.47. The molecule has 3 nitrogen and oxygen atoms in total. The molecule has 2 heterocycles. The Labute approximate surface area is 267 Å². The fourth-order valence-electron chi connectivity index (χ4n) is 6.82. The van der Waals surface area contributed by atoms with E-state index in [1.807, 2.05) is 92.1 Å². The quantitative estimate of drug-likeness (QED) is 0.199. The molecule has 0 aliphatic heterocycles. The molecule has 0 N–H and O–H groups in total. The molecule has 1 saturated carbocycles. The second-order valence-corrected chi connectivity index (χ2v) is 13.5. The number of benzene rings is 3. The molecular weight excluding hydrogens is 536 g/mol. The van der Waals surface area contributed by atoms with E-state index in [0.29, 0.717) is 28.6 Å². The maximum absolute atomic E-state index is 8.59. The number of pyridine rings is 2. The molecule has 1 fully saturated rings. The number of hydrogen-bond acceptors (Lipinski definition) is 3. The van der Waals surface area contributed by atoms with Crippen LogP contribution in [0.4, 0.5) is 0 Å². The molecule has 224 valence electrons. The Hall–Kier alpha value is -4.24. The van der Waals surface area contributed by atoms with Gasteiger partial charge in [0.25, 0.3) is 0 Å². The average molecular weight is 584 g/mol. The molecule has 2 aromatic heterocycles. The van der Waals surface area contributed by atoms with Crippen molar-refractivity contribution in [3.63, 3.8) is 0 Å². The third kappa shape index (κ3) is 6.19. The fraction of sp³-hybridized carbons (Fsp3) is 0.317. The summed E-state index contributed by atoms with van der Waals surface area (Å²) in [6, 6.07) is 25.5. The van der Waals surface area contributed by atoms with E-state index in [2.05, 4.69) is 40.7 Å². The Kier molecular flexibility index (Phi) is 7.16. The molecule has 3 aromatic carbocycles. The summed E-state index contributed by atoms with van der Waals surface area (Å²) < 4.78 is 32.4. The van der Waals surface area contributed by atoms with Gasteiger partial charge >= 0.3 is 0 Å². The Balaban J connectivity index is 1.43. The predicted molar refractivity (Wildman–Crippen MR) is 183 cm³/mol. The van der Waals surface area contributed by atoms with Crippen molar-refractivity contribution in [1.29, 1.82) is 0 Å². The van der Waals surface area contributed by atoms with Crippen molar-refractivity contribution in [3.8, 4) is 45.1 Å². The van der Waals surface area contributed by atoms with Crippen LogP contribution in [0, 0.1) is 39.0 Å². The molecule has 44 heavy (non-hydrogen) atoms. The lowest BCUT2D eigenvalue weighted by atomic mass is 9.65. The van der Waals surface area contributed by atoms with Crippen molar-refractivity contribution in [3.05, 3.63) is 119 Å².